The fourth-order valence-corrected chi connectivity index (χ4v) is 5.70. The average molecular weight is 463 g/mol. The number of aliphatic carboxylic acids is 1. The van der Waals surface area contributed by atoms with E-state index < -0.39 is 23.5 Å². The summed E-state index contributed by atoms with van der Waals surface area (Å²) < 4.78 is 5.66. The SMILES string of the molecule is CCC1C(C(=O)O)CCN1C(=O)CC1(NC(=O)OCC2c3ccccc3-c3ccccc32)CC1. The van der Waals surface area contributed by atoms with Gasteiger partial charge in [0.1, 0.15) is 6.61 Å². The van der Waals surface area contributed by atoms with Crippen molar-refractivity contribution in [3.05, 3.63) is 59.7 Å². The molecule has 2 N–H and O–H groups in total. The van der Waals surface area contributed by atoms with Crippen molar-refractivity contribution in [2.75, 3.05) is 13.2 Å². The summed E-state index contributed by atoms with van der Waals surface area (Å²) in [5.74, 6) is -1.47. The normalized spacial score (nSPS) is 22.1. The van der Waals surface area contributed by atoms with E-state index in [2.05, 4.69) is 29.6 Å². The minimum atomic E-state index is -0.847. The zero-order chi connectivity index (χ0) is 23.9. The molecule has 34 heavy (non-hydrogen) atoms. The maximum absolute atomic E-state index is 13.0. The van der Waals surface area contributed by atoms with Gasteiger partial charge in [0.05, 0.1) is 17.9 Å². The molecule has 0 bridgehead atoms. The molecule has 1 saturated heterocycles. The Morgan fingerprint density at radius 3 is 2.24 bits per heavy atom. The Morgan fingerprint density at radius 1 is 1.06 bits per heavy atom. The maximum Gasteiger partial charge on any atom is 0.407 e. The van der Waals surface area contributed by atoms with E-state index in [1.165, 1.54) is 11.1 Å². The molecule has 3 aliphatic rings. The second kappa shape index (κ2) is 8.78. The molecule has 1 aliphatic heterocycles. The number of rotatable bonds is 7. The number of benzene rings is 2. The molecule has 2 amide bonds. The summed E-state index contributed by atoms with van der Waals surface area (Å²) in [6, 6.07) is 16.1. The van der Waals surface area contributed by atoms with Gasteiger partial charge in [0, 0.05) is 18.5 Å². The lowest BCUT2D eigenvalue weighted by Crippen LogP contribution is -2.45. The van der Waals surface area contributed by atoms with Gasteiger partial charge in [-0.05, 0) is 47.9 Å². The first-order valence-corrected chi connectivity index (χ1v) is 12.1. The number of hydrogen-bond acceptors (Lipinski definition) is 4. The molecule has 0 aromatic heterocycles. The topological polar surface area (TPSA) is 95.9 Å². The van der Waals surface area contributed by atoms with Gasteiger partial charge in [-0.2, -0.15) is 0 Å². The highest BCUT2D eigenvalue weighted by Crippen LogP contribution is 2.45. The number of carboxylic acids is 1. The first kappa shape index (κ1) is 22.4. The van der Waals surface area contributed by atoms with E-state index >= 15 is 0 Å². The smallest absolute Gasteiger partial charge is 0.407 e. The number of alkyl carbamates (subject to hydrolysis) is 1. The van der Waals surface area contributed by atoms with Gasteiger partial charge in [0.15, 0.2) is 0 Å². The molecule has 7 heteroatoms. The van der Waals surface area contributed by atoms with Gasteiger partial charge in [0.2, 0.25) is 5.91 Å². The molecule has 0 radical (unpaired) electrons. The van der Waals surface area contributed by atoms with Crippen LogP contribution < -0.4 is 5.32 Å². The van der Waals surface area contributed by atoms with E-state index in [0.717, 1.165) is 24.0 Å². The Bertz CT molecular complexity index is 1080. The van der Waals surface area contributed by atoms with Crippen LogP contribution in [0.25, 0.3) is 11.1 Å². The molecule has 5 rings (SSSR count). The Hall–Kier alpha value is -3.35. The van der Waals surface area contributed by atoms with Gasteiger partial charge < -0.3 is 20.1 Å². The Balaban J connectivity index is 1.20. The number of nitrogens with one attached hydrogen (secondary N) is 1. The van der Waals surface area contributed by atoms with Crippen molar-refractivity contribution in [1.82, 2.24) is 10.2 Å². The Morgan fingerprint density at radius 2 is 1.68 bits per heavy atom. The van der Waals surface area contributed by atoms with Gasteiger partial charge in [-0.1, -0.05) is 55.5 Å². The number of ether oxygens (including phenoxy) is 1. The predicted octanol–water partition coefficient (Wildman–Crippen LogP) is 4.16. The number of amides is 2. The van der Waals surface area contributed by atoms with Crippen molar-refractivity contribution < 1.29 is 24.2 Å². The molecular formula is C27H30N2O5. The minimum absolute atomic E-state index is 0.0159. The third kappa shape index (κ3) is 4.04. The molecule has 2 aromatic rings. The monoisotopic (exact) mass is 462 g/mol. The lowest BCUT2D eigenvalue weighted by molar-refractivity contribution is -0.143. The van der Waals surface area contributed by atoms with E-state index in [9.17, 15) is 19.5 Å². The number of carbonyl (C=O) groups is 3. The summed E-state index contributed by atoms with van der Waals surface area (Å²) >= 11 is 0. The highest BCUT2D eigenvalue weighted by molar-refractivity contribution is 5.82. The number of carbonyl (C=O) groups excluding carboxylic acids is 2. The van der Waals surface area contributed by atoms with Crippen LogP contribution in [0.1, 0.15) is 56.1 Å². The van der Waals surface area contributed by atoms with Gasteiger partial charge in [-0.15, -0.1) is 0 Å². The van der Waals surface area contributed by atoms with E-state index in [-0.39, 0.29) is 30.9 Å². The third-order valence-corrected chi connectivity index (χ3v) is 7.66. The van der Waals surface area contributed by atoms with Crippen LogP contribution in [0.2, 0.25) is 0 Å². The number of fused-ring (bicyclic) bond motifs is 3. The van der Waals surface area contributed by atoms with Crippen LogP contribution in [0, 0.1) is 5.92 Å². The van der Waals surface area contributed by atoms with Crippen LogP contribution in [0.15, 0.2) is 48.5 Å². The molecule has 2 atom stereocenters. The summed E-state index contributed by atoms with van der Waals surface area (Å²) in [6.45, 7) is 2.59. The van der Waals surface area contributed by atoms with Crippen LogP contribution in [0.3, 0.4) is 0 Å². The first-order valence-electron chi connectivity index (χ1n) is 12.1. The Kier molecular flexibility index (Phi) is 5.80. The zero-order valence-electron chi connectivity index (χ0n) is 19.3. The highest BCUT2D eigenvalue weighted by Gasteiger charge is 2.49. The van der Waals surface area contributed by atoms with Crippen molar-refractivity contribution in [3.63, 3.8) is 0 Å². The van der Waals surface area contributed by atoms with Crippen molar-refractivity contribution in [2.24, 2.45) is 5.92 Å². The fourth-order valence-electron chi connectivity index (χ4n) is 5.70. The molecule has 2 fully saturated rings. The van der Waals surface area contributed by atoms with Crippen LogP contribution in [0.4, 0.5) is 4.79 Å². The number of carboxylic acid groups (broad SMARTS) is 1. The molecule has 7 nitrogen and oxygen atoms in total. The van der Waals surface area contributed by atoms with E-state index in [0.29, 0.717) is 19.4 Å². The molecule has 2 unspecified atom stereocenters. The quantitative estimate of drug-likeness (QED) is 0.644. The highest BCUT2D eigenvalue weighted by atomic mass is 16.5. The third-order valence-electron chi connectivity index (χ3n) is 7.66. The van der Waals surface area contributed by atoms with Crippen molar-refractivity contribution in [3.8, 4) is 11.1 Å². The molecule has 0 spiro atoms. The van der Waals surface area contributed by atoms with Crippen LogP contribution in [-0.2, 0) is 14.3 Å². The van der Waals surface area contributed by atoms with E-state index in [1.54, 1.807) is 4.90 Å². The van der Waals surface area contributed by atoms with Gasteiger partial charge in [0.25, 0.3) is 0 Å². The van der Waals surface area contributed by atoms with Gasteiger partial charge >= 0.3 is 12.1 Å². The van der Waals surface area contributed by atoms with Crippen molar-refractivity contribution in [1.29, 1.82) is 0 Å². The number of nitrogens with zero attached hydrogens (tertiary/aromatic N) is 1. The lowest BCUT2D eigenvalue weighted by Gasteiger charge is -2.28. The lowest BCUT2D eigenvalue weighted by atomic mass is 9.98. The molecule has 2 aliphatic carbocycles. The van der Waals surface area contributed by atoms with Crippen LogP contribution in [-0.4, -0.2) is 52.7 Å². The zero-order valence-corrected chi connectivity index (χ0v) is 19.3. The summed E-state index contributed by atoms with van der Waals surface area (Å²) in [5, 5.41) is 12.4. The second-order valence-electron chi connectivity index (χ2n) is 9.70. The summed E-state index contributed by atoms with van der Waals surface area (Å²) in [5.41, 5.74) is 4.07. The van der Waals surface area contributed by atoms with E-state index in [1.807, 2.05) is 31.2 Å². The number of likely N-dealkylation sites (tertiary alicyclic amines) is 1. The largest absolute Gasteiger partial charge is 0.481 e. The minimum Gasteiger partial charge on any atom is -0.481 e. The Labute approximate surface area is 199 Å². The average Bonchev–Trinajstić information content (AvgIpc) is 3.30. The molecule has 1 saturated carbocycles. The number of hydrogen-bond donors (Lipinski definition) is 2. The van der Waals surface area contributed by atoms with Crippen LogP contribution >= 0.6 is 0 Å². The fraction of sp³-hybridized carbons (Fsp3) is 0.444. The second-order valence-corrected chi connectivity index (χ2v) is 9.70. The summed E-state index contributed by atoms with van der Waals surface area (Å²) in [4.78, 5) is 38.9. The predicted molar refractivity (Wildman–Crippen MR) is 126 cm³/mol. The van der Waals surface area contributed by atoms with Crippen LogP contribution in [0.5, 0.6) is 0 Å². The van der Waals surface area contributed by atoms with Gasteiger partial charge in [-0.3, -0.25) is 9.59 Å². The van der Waals surface area contributed by atoms with Crippen molar-refractivity contribution >= 4 is 18.0 Å². The molecular weight excluding hydrogens is 432 g/mol. The standard InChI is InChI=1S/C27H30N2O5/c1-2-23-21(25(31)32)11-14-29(23)24(30)15-27(12-13-27)28-26(33)34-16-22-19-9-5-3-7-17(19)18-8-4-6-10-20(18)22/h3-10,21-23H,2,11-16H2,1H3,(H,28,33)(H,31,32). The maximum atomic E-state index is 13.0. The van der Waals surface area contributed by atoms with Crippen molar-refractivity contribution in [2.45, 2.75) is 56.5 Å². The van der Waals surface area contributed by atoms with E-state index in [4.69, 9.17) is 4.74 Å². The first-order chi connectivity index (χ1) is 16.4. The summed E-state index contributed by atoms with van der Waals surface area (Å²) in [6.07, 6.45) is 2.19. The molecule has 1 heterocycles. The summed E-state index contributed by atoms with van der Waals surface area (Å²) in [7, 11) is 0. The van der Waals surface area contributed by atoms with Gasteiger partial charge in [-0.25, -0.2) is 4.79 Å². The molecule has 2 aromatic carbocycles. The molecule has 178 valence electrons.